The van der Waals surface area contributed by atoms with Crippen LogP contribution >= 0.6 is 0 Å². The fourth-order valence-electron chi connectivity index (χ4n) is 2.44. The Kier molecular flexibility index (Phi) is 5.11. The minimum atomic E-state index is 0.588. The lowest BCUT2D eigenvalue weighted by Gasteiger charge is -2.30. The van der Waals surface area contributed by atoms with Gasteiger partial charge in [-0.15, -0.1) is 0 Å². The van der Waals surface area contributed by atoms with Gasteiger partial charge in [0.05, 0.1) is 0 Å². The topological polar surface area (TPSA) is 12.0 Å². The first-order valence-electron chi connectivity index (χ1n) is 6.79. The summed E-state index contributed by atoms with van der Waals surface area (Å²) in [5, 5.41) is 3.66. The molecule has 0 saturated heterocycles. The minimum absolute atomic E-state index is 0.588. The van der Waals surface area contributed by atoms with Gasteiger partial charge in [-0.2, -0.15) is 0 Å². The lowest BCUT2D eigenvalue weighted by Crippen LogP contribution is -2.35. The summed E-state index contributed by atoms with van der Waals surface area (Å²) in [6, 6.07) is 0. The molecule has 1 saturated carbocycles. The Morgan fingerprint density at radius 1 is 1.33 bits per heavy atom. The molecule has 0 aromatic carbocycles. The number of unbranched alkanes of at least 4 members (excludes halogenated alkanes) is 1. The second-order valence-corrected chi connectivity index (χ2v) is 6.06. The van der Waals surface area contributed by atoms with E-state index in [9.17, 15) is 0 Å². The highest BCUT2D eigenvalue weighted by molar-refractivity contribution is 4.92. The Labute approximate surface area is 96.0 Å². The predicted octanol–water partition coefficient (Wildman–Crippen LogP) is 3.84. The van der Waals surface area contributed by atoms with E-state index in [0.29, 0.717) is 5.41 Å². The van der Waals surface area contributed by atoms with E-state index in [1.807, 2.05) is 0 Å². The predicted molar refractivity (Wildman–Crippen MR) is 68.1 cm³/mol. The maximum Gasteiger partial charge on any atom is 0.000793 e. The monoisotopic (exact) mass is 211 g/mol. The molecule has 1 aliphatic rings. The smallest absolute Gasteiger partial charge is 0.000793 e. The summed E-state index contributed by atoms with van der Waals surface area (Å²) in [5.74, 6) is 1.79. The van der Waals surface area contributed by atoms with E-state index in [-0.39, 0.29) is 0 Å². The van der Waals surface area contributed by atoms with Crippen molar-refractivity contribution in [3.8, 4) is 0 Å². The van der Waals surface area contributed by atoms with Crippen molar-refractivity contribution in [2.24, 2.45) is 17.3 Å². The zero-order chi connectivity index (χ0) is 11.3. The van der Waals surface area contributed by atoms with Gasteiger partial charge in [-0.1, -0.05) is 40.5 Å². The van der Waals surface area contributed by atoms with Crippen molar-refractivity contribution in [1.29, 1.82) is 0 Å². The summed E-state index contributed by atoms with van der Waals surface area (Å²) in [6.45, 7) is 11.8. The van der Waals surface area contributed by atoms with Crippen LogP contribution in [0.4, 0.5) is 0 Å². The summed E-state index contributed by atoms with van der Waals surface area (Å²) in [4.78, 5) is 0. The Hall–Kier alpha value is -0.0400. The zero-order valence-corrected chi connectivity index (χ0v) is 11.1. The van der Waals surface area contributed by atoms with Crippen LogP contribution in [0, 0.1) is 17.3 Å². The average molecular weight is 211 g/mol. The third-order valence-corrected chi connectivity index (χ3v) is 3.75. The van der Waals surface area contributed by atoms with Gasteiger partial charge < -0.3 is 5.32 Å². The third-order valence-electron chi connectivity index (χ3n) is 3.75. The Bertz CT molecular complexity index is 172. The largest absolute Gasteiger partial charge is 0.316 e. The Morgan fingerprint density at radius 3 is 2.47 bits per heavy atom. The number of hydrogen-bond donors (Lipinski definition) is 1. The SMILES string of the molecule is CCCCC(C)(CNCC(C)C)C1CC1. The lowest BCUT2D eigenvalue weighted by atomic mass is 9.80. The van der Waals surface area contributed by atoms with E-state index in [0.717, 1.165) is 11.8 Å². The van der Waals surface area contributed by atoms with Crippen LogP contribution in [-0.4, -0.2) is 13.1 Å². The molecule has 1 N–H and O–H groups in total. The molecule has 0 spiro atoms. The molecule has 90 valence electrons. The van der Waals surface area contributed by atoms with E-state index >= 15 is 0 Å². The van der Waals surface area contributed by atoms with Crippen LogP contribution in [0.5, 0.6) is 0 Å². The maximum absolute atomic E-state index is 3.66. The van der Waals surface area contributed by atoms with Crippen LogP contribution < -0.4 is 5.32 Å². The first-order chi connectivity index (χ1) is 7.08. The van der Waals surface area contributed by atoms with Crippen molar-refractivity contribution < 1.29 is 0 Å². The highest BCUT2D eigenvalue weighted by Crippen LogP contribution is 2.47. The Balaban J connectivity index is 2.28. The van der Waals surface area contributed by atoms with Crippen LogP contribution in [0.2, 0.25) is 0 Å². The first-order valence-corrected chi connectivity index (χ1v) is 6.79. The molecular formula is C14H29N. The molecular weight excluding hydrogens is 182 g/mol. The van der Waals surface area contributed by atoms with Crippen molar-refractivity contribution in [2.75, 3.05) is 13.1 Å². The van der Waals surface area contributed by atoms with E-state index in [1.165, 1.54) is 45.2 Å². The van der Waals surface area contributed by atoms with Crippen LogP contribution in [0.25, 0.3) is 0 Å². The second-order valence-electron chi connectivity index (χ2n) is 6.06. The quantitative estimate of drug-likeness (QED) is 0.643. The number of nitrogens with one attached hydrogen (secondary N) is 1. The van der Waals surface area contributed by atoms with Gasteiger partial charge in [0.15, 0.2) is 0 Å². The van der Waals surface area contributed by atoms with Crippen LogP contribution in [-0.2, 0) is 0 Å². The molecule has 1 fully saturated rings. The van der Waals surface area contributed by atoms with Crippen molar-refractivity contribution in [2.45, 2.75) is 59.8 Å². The molecule has 0 radical (unpaired) electrons. The maximum atomic E-state index is 3.66. The normalized spacial score (nSPS) is 20.6. The molecule has 0 bridgehead atoms. The molecule has 1 nitrogen and oxygen atoms in total. The van der Waals surface area contributed by atoms with Gasteiger partial charge in [-0.05, 0) is 43.1 Å². The molecule has 1 aliphatic carbocycles. The summed E-state index contributed by atoms with van der Waals surface area (Å²) in [7, 11) is 0. The van der Waals surface area contributed by atoms with Crippen LogP contribution in [0.15, 0.2) is 0 Å². The molecule has 0 heterocycles. The van der Waals surface area contributed by atoms with Gasteiger partial charge in [-0.3, -0.25) is 0 Å². The molecule has 0 aromatic heterocycles. The van der Waals surface area contributed by atoms with Gasteiger partial charge in [0.25, 0.3) is 0 Å². The summed E-state index contributed by atoms with van der Waals surface area (Å²) in [6.07, 6.45) is 7.11. The molecule has 0 aliphatic heterocycles. The van der Waals surface area contributed by atoms with Gasteiger partial charge in [0, 0.05) is 6.54 Å². The molecule has 1 unspecified atom stereocenters. The fraction of sp³-hybridized carbons (Fsp3) is 1.00. The summed E-state index contributed by atoms with van der Waals surface area (Å²) >= 11 is 0. The molecule has 0 aromatic rings. The Morgan fingerprint density at radius 2 is 2.00 bits per heavy atom. The van der Waals surface area contributed by atoms with E-state index in [1.54, 1.807) is 0 Å². The number of hydrogen-bond acceptors (Lipinski definition) is 1. The molecule has 15 heavy (non-hydrogen) atoms. The van der Waals surface area contributed by atoms with E-state index < -0.39 is 0 Å². The highest BCUT2D eigenvalue weighted by atomic mass is 14.9. The van der Waals surface area contributed by atoms with Crippen molar-refractivity contribution >= 4 is 0 Å². The first kappa shape index (κ1) is 13.0. The second kappa shape index (κ2) is 5.89. The zero-order valence-electron chi connectivity index (χ0n) is 11.1. The average Bonchev–Trinajstić information content (AvgIpc) is 2.97. The van der Waals surface area contributed by atoms with E-state index in [2.05, 4.69) is 33.0 Å². The van der Waals surface area contributed by atoms with Crippen molar-refractivity contribution in [3.63, 3.8) is 0 Å². The van der Waals surface area contributed by atoms with Crippen LogP contribution in [0.3, 0.4) is 0 Å². The summed E-state index contributed by atoms with van der Waals surface area (Å²) in [5.41, 5.74) is 0.588. The standard InChI is InChI=1S/C14H29N/c1-5-6-9-14(4,13-7-8-13)11-15-10-12(2)3/h12-13,15H,5-11H2,1-4H3. The van der Waals surface area contributed by atoms with Gasteiger partial charge in [0.2, 0.25) is 0 Å². The van der Waals surface area contributed by atoms with Crippen molar-refractivity contribution in [3.05, 3.63) is 0 Å². The van der Waals surface area contributed by atoms with Crippen LogP contribution in [0.1, 0.15) is 59.8 Å². The van der Waals surface area contributed by atoms with Gasteiger partial charge in [0.1, 0.15) is 0 Å². The van der Waals surface area contributed by atoms with Crippen molar-refractivity contribution in [1.82, 2.24) is 5.32 Å². The van der Waals surface area contributed by atoms with Gasteiger partial charge in [-0.25, -0.2) is 0 Å². The minimum Gasteiger partial charge on any atom is -0.316 e. The molecule has 1 rings (SSSR count). The molecule has 1 heteroatoms. The molecule has 0 amide bonds. The highest BCUT2D eigenvalue weighted by Gasteiger charge is 2.40. The summed E-state index contributed by atoms with van der Waals surface area (Å²) < 4.78 is 0. The van der Waals surface area contributed by atoms with Gasteiger partial charge >= 0.3 is 0 Å². The third kappa shape index (κ3) is 4.55. The number of rotatable bonds is 8. The fourth-order valence-corrected chi connectivity index (χ4v) is 2.44. The lowest BCUT2D eigenvalue weighted by molar-refractivity contribution is 0.227. The van der Waals surface area contributed by atoms with E-state index in [4.69, 9.17) is 0 Å². The molecule has 1 atom stereocenters.